The third-order valence-corrected chi connectivity index (χ3v) is 2.99. The molecule has 1 aromatic heterocycles. The molecular weight excluding hydrogens is 202 g/mol. The zero-order valence-electron chi connectivity index (χ0n) is 10.0. The molecule has 0 aromatic carbocycles. The fourth-order valence-corrected chi connectivity index (χ4v) is 2.27. The van der Waals surface area contributed by atoms with Gasteiger partial charge in [0.15, 0.2) is 6.29 Å². The molecule has 0 atom stereocenters. The third kappa shape index (κ3) is 1.75. The van der Waals surface area contributed by atoms with Gasteiger partial charge in [-0.05, 0) is 20.3 Å². The molecule has 0 bridgehead atoms. The van der Waals surface area contributed by atoms with Crippen molar-refractivity contribution >= 4 is 12.1 Å². The van der Waals surface area contributed by atoms with Crippen molar-refractivity contribution in [2.24, 2.45) is 7.05 Å². The van der Waals surface area contributed by atoms with E-state index in [1.54, 1.807) is 4.68 Å². The number of anilines is 1. The summed E-state index contributed by atoms with van der Waals surface area (Å²) in [6.07, 6.45) is 4.19. The average molecular weight is 219 g/mol. The lowest BCUT2D eigenvalue weighted by Gasteiger charge is -2.28. The summed E-state index contributed by atoms with van der Waals surface area (Å²) >= 11 is 0. The number of nitrogens with zero attached hydrogens (tertiary/aromatic N) is 3. The largest absolute Gasteiger partial charge is 0.352 e. The predicted octanol–water partition coefficient (Wildman–Crippen LogP) is 1.70. The summed E-state index contributed by atoms with van der Waals surface area (Å²) in [5.74, 6) is 0.944. The van der Waals surface area contributed by atoms with Crippen LogP contribution in [0.1, 0.15) is 29.4 Å². The first-order valence-corrected chi connectivity index (χ1v) is 5.53. The predicted molar refractivity (Wildman–Crippen MR) is 63.9 cm³/mol. The van der Waals surface area contributed by atoms with Crippen LogP contribution in [0, 0.1) is 6.92 Å². The minimum absolute atomic E-state index is 0.720. The lowest BCUT2D eigenvalue weighted by molar-refractivity contribution is 0.112. The van der Waals surface area contributed by atoms with E-state index in [1.165, 1.54) is 5.57 Å². The van der Waals surface area contributed by atoms with Crippen LogP contribution in [0.15, 0.2) is 11.6 Å². The molecule has 0 amide bonds. The van der Waals surface area contributed by atoms with E-state index >= 15 is 0 Å². The van der Waals surface area contributed by atoms with Crippen molar-refractivity contribution in [3.8, 4) is 0 Å². The van der Waals surface area contributed by atoms with Gasteiger partial charge in [0.1, 0.15) is 5.82 Å². The standard InChI is InChI=1S/C12H17N3O/c1-9-5-4-6-15(7-9)12-11(8-16)10(2)13-14(12)3/h5,8H,4,6-7H2,1-3H3. The fraction of sp³-hybridized carbons (Fsp3) is 0.500. The molecule has 1 aliphatic rings. The highest BCUT2D eigenvalue weighted by Crippen LogP contribution is 2.24. The van der Waals surface area contributed by atoms with Crippen LogP contribution in [-0.2, 0) is 7.05 Å². The molecule has 0 N–H and O–H groups in total. The number of hydrogen-bond acceptors (Lipinski definition) is 3. The van der Waals surface area contributed by atoms with E-state index in [2.05, 4.69) is 23.0 Å². The van der Waals surface area contributed by atoms with Gasteiger partial charge in [0.25, 0.3) is 0 Å². The number of aldehydes is 1. The van der Waals surface area contributed by atoms with Crippen molar-refractivity contribution in [2.75, 3.05) is 18.0 Å². The smallest absolute Gasteiger partial charge is 0.155 e. The maximum absolute atomic E-state index is 11.1. The lowest BCUT2D eigenvalue weighted by Crippen LogP contribution is -2.31. The molecule has 1 aromatic rings. The Balaban J connectivity index is 2.40. The SMILES string of the molecule is CC1=CCCN(c2c(C=O)c(C)nn2C)C1. The summed E-state index contributed by atoms with van der Waals surface area (Å²) in [5, 5.41) is 4.31. The number of aryl methyl sites for hydroxylation is 2. The van der Waals surface area contributed by atoms with Gasteiger partial charge in [-0.2, -0.15) is 5.10 Å². The Morgan fingerprint density at radius 1 is 1.44 bits per heavy atom. The Morgan fingerprint density at radius 2 is 2.19 bits per heavy atom. The molecule has 2 heterocycles. The van der Waals surface area contributed by atoms with Crippen LogP contribution in [0.3, 0.4) is 0 Å². The van der Waals surface area contributed by atoms with Crippen molar-refractivity contribution in [2.45, 2.75) is 20.3 Å². The maximum Gasteiger partial charge on any atom is 0.155 e. The first kappa shape index (κ1) is 10.9. The maximum atomic E-state index is 11.1. The Bertz CT molecular complexity index is 445. The molecule has 86 valence electrons. The topological polar surface area (TPSA) is 38.1 Å². The highest BCUT2D eigenvalue weighted by Gasteiger charge is 2.20. The molecule has 0 saturated carbocycles. The highest BCUT2D eigenvalue weighted by atomic mass is 16.1. The summed E-state index contributed by atoms with van der Waals surface area (Å²) in [5.41, 5.74) is 2.87. The molecule has 16 heavy (non-hydrogen) atoms. The van der Waals surface area contributed by atoms with Gasteiger partial charge in [-0.15, -0.1) is 0 Å². The number of carbonyl (C=O) groups excluding carboxylic acids is 1. The fourth-order valence-electron chi connectivity index (χ4n) is 2.27. The van der Waals surface area contributed by atoms with Crippen LogP contribution in [0.5, 0.6) is 0 Å². The van der Waals surface area contributed by atoms with E-state index in [0.29, 0.717) is 0 Å². The van der Waals surface area contributed by atoms with Crippen LogP contribution in [0.25, 0.3) is 0 Å². The number of hydrogen-bond donors (Lipinski definition) is 0. The van der Waals surface area contributed by atoms with E-state index < -0.39 is 0 Å². The number of rotatable bonds is 2. The van der Waals surface area contributed by atoms with Crippen molar-refractivity contribution in [1.29, 1.82) is 0 Å². The molecule has 4 nitrogen and oxygen atoms in total. The molecule has 0 unspecified atom stereocenters. The first-order chi connectivity index (χ1) is 7.63. The summed E-state index contributed by atoms with van der Waals surface area (Å²) in [6.45, 7) is 5.84. The van der Waals surface area contributed by atoms with Gasteiger partial charge < -0.3 is 4.90 Å². The van der Waals surface area contributed by atoms with Crippen LogP contribution >= 0.6 is 0 Å². The van der Waals surface area contributed by atoms with E-state index in [0.717, 1.165) is 42.9 Å². The van der Waals surface area contributed by atoms with Gasteiger partial charge in [-0.3, -0.25) is 9.48 Å². The van der Waals surface area contributed by atoms with Gasteiger partial charge in [0.05, 0.1) is 11.3 Å². The van der Waals surface area contributed by atoms with Crippen LogP contribution in [-0.4, -0.2) is 29.2 Å². The van der Waals surface area contributed by atoms with E-state index in [4.69, 9.17) is 0 Å². The van der Waals surface area contributed by atoms with Crippen molar-refractivity contribution in [3.63, 3.8) is 0 Å². The van der Waals surface area contributed by atoms with Gasteiger partial charge in [0, 0.05) is 20.1 Å². The van der Waals surface area contributed by atoms with Crippen LogP contribution in [0.4, 0.5) is 5.82 Å². The Labute approximate surface area is 95.5 Å². The normalized spacial score (nSPS) is 16.2. The molecule has 0 radical (unpaired) electrons. The van der Waals surface area contributed by atoms with Crippen LogP contribution < -0.4 is 4.90 Å². The van der Waals surface area contributed by atoms with Gasteiger partial charge in [-0.25, -0.2) is 0 Å². The zero-order valence-corrected chi connectivity index (χ0v) is 10.0. The van der Waals surface area contributed by atoms with Crippen LogP contribution in [0.2, 0.25) is 0 Å². The molecule has 0 spiro atoms. The van der Waals surface area contributed by atoms with Gasteiger partial charge in [0.2, 0.25) is 0 Å². The Hall–Kier alpha value is -1.58. The second-order valence-corrected chi connectivity index (χ2v) is 4.32. The minimum atomic E-state index is 0.720. The molecular formula is C12H17N3O. The Morgan fingerprint density at radius 3 is 2.81 bits per heavy atom. The minimum Gasteiger partial charge on any atom is -0.352 e. The van der Waals surface area contributed by atoms with E-state index in [9.17, 15) is 4.79 Å². The first-order valence-electron chi connectivity index (χ1n) is 5.53. The van der Waals surface area contributed by atoms with Gasteiger partial charge >= 0.3 is 0 Å². The third-order valence-electron chi connectivity index (χ3n) is 2.99. The van der Waals surface area contributed by atoms with Crippen molar-refractivity contribution < 1.29 is 4.79 Å². The van der Waals surface area contributed by atoms with Gasteiger partial charge in [-0.1, -0.05) is 11.6 Å². The monoisotopic (exact) mass is 219 g/mol. The highest BCUT2D eigenvalue weighted by molar-refractivity contribution is 5.85. The summed E-state index contributed by atoms with van der Waals surface area (Å²) < 4.78 is 1.80. The van der Waals surface area contributed by atoms with Crippen molar-refractivity contribution in [3.05, 3.63) is 22.9 Å². The molecule has 0 saturated heterocycles. The number of carbonyl (C=O) groups is 1. The average Bonchev–Trinajstić information content (AvgIpc) is 2.52. The Kier molecular flexibility index (Phi) is 2.81. The van der Waals surface area contributed by atoms with Crippen molar-refractivity contribution in [1.82, 2.24) is 9.78 Å². The molecule has 2 rings (SSSR count). The quantitative estimate of drug-likeness (QED) is 0.561. The lowest BCUT2D eigenvalue weighted by atomic mass is 10.1. The second kappa shape index (κ2) is 4.12. The summed E-state index contributed by atoms with van der Waals surface area (Å²) in [4.78, 5) is 13.3. The van der Waals surface area contributed by atoms with E-state index in [1.807, 2.05) is 14.0 Å². The second-order valence-electron chi connectivity index (χ2n) is 4.32. The van der Waals surface area contributed by atoms with E-state index in [-0.39, 0.29) is 0 Å². The molecule has 0 fully saturated rings. The molecule has 0 aliphatic carbocycles. The summed E-state index contributed by atoms with van der Waals surface area (Å²) in [6, 6.07) is 0. The number of aromatic nitrogens is 2. The molecule has 4 heteroatoms. The zero-order chi connectivity index (χ0) is 11.7. The summed E-state index contributed by atoms with van der Waals surface area (Å²) in [7, 11) is 1.89. The molecule has 1 aliphatic heterocycles.